The van der Waals surface area contributed by atoms with Crippen LogP contribution in [0.4, 0.5) is 0 Å². The van der Waals surface area contributed by atoms with Crippen LogP contribution in [-0.4, -0.2) is 28.6 Å². The highest BCUT2D eigenvalue weighted by Gasteiger charge is 2.14. The second kappa shape index (κ2) is 6.28. The average molecular weight is 331 g/mol. The highest BCUT2D eigenvalue weighted by Crippen LogP contribution is 2.39. The number of hydrogen-bond acceptors (Lipinski definition) is 4. The van der Waals surface area contributed by atoms with Crippen LogP contribution in [0.2, 0.25) is 0 Å². The Morgan fingerprint density at radius 2 is 1.80 bits per heavy atom. The Morgan fingerprint density at radius 1 is 0.880 bits per heavy atom. The van der Waals surface area contributed by atoms with Crippen LogP contribution < -0.4 is 9.47 Å². The SMILES string of the molecule is COc1cccc(-c2cc(-c3cccnc3)c3cncn3c2)c1OC. The van der Waals surface area contributed by atoms with Crippen LogP contribution in [0.25, 0.3) is 27.8 Å². The Balaban J connectivity index is 1.99. The topological polar surface area (TPSA) is 48.7 Å². The van der Waals surface area contributed by atoms with Gasteiger partial charge in [-0.2, -0.15) is 0 Å². The fourth-order valence-electron chi connectivity index (χ4n) is 3.05. The summed E-state index contributed by atoms with van der Waals surface area (Å²) in [7, 11) is 3.29. The van der Waals surface area contributed by atoms with E-state index < -0.39 is 0 Å². The van der Waals surface area contributed by atoms with Gasteiger partial charge in [0.15, 0.2) is 11.5 Å². The normalized spacial score (nSPS) is 10.8. The molecular formula is C20H17N3O2. The van der Waals surface area contributed by atoms with Crippen molar-refractivity contribution in [2.24, 2.45) is 0 Å². The zero-order valence-electron chi connectivity index (χ0n) is 14.0. The third kappa shape index (κ3) is 2.59. The Hall–Kier alpha value is -3.34. The molecule has 0 amide bonds. The lowest BCUT2D eigenvalue weighted by Gasteiger charge is -2.14. The molecule has 0 unspecified atom stereocenters. The smallest absolute Gasteiger partial charge is 0.168 e. The Morgan fingerprint density at radius 3 is 2.56 bits per heavy atom. The molecule has 3 heterocycles. The highest BCUT2D eigenvalue weighted by atomic mass is 16.5. The van der Waals surface area contributed by atoms with Gasteiger partial charge in [0.1, 0.15) is 0 Å². The number of imidazole rings is 1. The summed E-state index contributed by atoms with van der Waals surface area (Å²) in [6.07, 6.45) is 9.32. The molecule has 5 nitrogen and oxygen atoms in total. The number of para-hydroxylation sites is 1. The second-order valence-electron chi connectivity index (χ2n) is 5.61. The van der Waals surface area contributed by atoms with Crippen molar-refractivity contribution in [3.63, 3.8) is 0 Å². The van der Waals surface area contributed by atoms with Crippen molar-refractivity contribution in [3.8, 4) is 33.8 Å². The summed E-state index contributed by atoms with van der Waals surface area (Å²) >= 11 is 0. The number of nitrogens with zero attached hydrogens (tertiary/aromatic N) is 3. The molecule has 25 heavy (non-hydrogen) atoms. The van der Waals surface area contributed by atoms with Gasteiger partial charge in [-0.05, 0) is 18.2 Å². The largest absolute Gasteiger partial charge is 0.493 e. The second-order valence-corrected chi connectivity index (χ2v) is 5.61. The first-order chi connectivity index (χ1) is 12.3. The van der Waals surface area contributed by atoms with Crippen molar-refractivity contribution >= 4 is 5.52 Å². The molecule has 4 rings (SSSR count). The summed E-state index contributed by atoms with van der Waals surface area (Å²) in [6.45, 7) is 0. The van der Waals surface area contributed by atoms with Gasteiger partial charge in [0, 0.05) is 40.8 Å². The monoisotopic (exact) mass is 331 g/mol. The van der Waals surface area contributed by atoms with Crippen molar-refractivity contribution in [1.82, 2.24) is 14.4 Å². The molecule has 0 fully saturated rings. The average Bonchev–Trinajstić information content (AvgIpc) is 3.15. The maximum atomic E-state index is 5.60. The van der Waals surface area contributed by atoms with Crippen LogP contribution in [0.1, 0.15) is 0 Å². The molecule has 0 saturated carbocycles. The Kier molecular flexibility index (Phi) is 3.82. The molecule has 0 bridgehead atoms. The van der Waals surface area contributed by atoms with Crippen LogP contribution in [0, 0.1) is 0 Å². The van der Waals surface area contributed by atoms with E-state index in [-0.39, 0.29) is 0 Å². The third-order valence-electron chi connectivity index (χ3n) is 4.21. The van der Waals surface area contributed by atoms with Gasteiger partial charge in [-0.1, -0.05) is 18.2 Å². The minimum Gasteiger partial charge on any atom is -0.493 e. The number of fused-ring (bicyclic) bond motifs is 1. The lowest BCUT2D eigenvalue weighted by molar-refractivity contribution is 0.356. The van der Waals surface area contributed by atoms with Crippen LogP contribution in [0.3, 0.4) is 0 Å². The van der Waals surface area contributed by atoms with Crippen molar-refractivity contribution in [2.75, 3.05) is 14.2 Å². The van der Waals surface area contributed by atoms with Gasteiger partial charge in [-0.25, -0.2) is 4.98 Å². The van der Waals surface area contributed by atoms with Crippen molar-refractivity contribution in [2.45, 2.75) is 0 Å². The van der Waals surface area contributed by atoms with Gasteiger partial charge >= 0.3 is 0 Å². The molecule has 5 heteroatoms. The predicted octanol–water partition coefficient (Wildman–Crippen LogP) is 4.08. The standard InChI is InChI=1S/C20H17N3O2/c1-24-19-7-3-6-16(20(19)25-2)15-9-17(14-5-4-8-21-10-14)18-11-22-13-23(18)12-15/h3-13H,1-2H3. The molecule has 0 aliphatic rings. The first-order valence-electron chi connectivity index (χ1n) is 7.89. The summed E-state index contributed by atoms with van der Waals surface area (Å²) in [5, 5.41) is 0. The molecule has 1 aromatic carbocycles. The summed E-state index contributed by atoms with van der Waals surface area (Å²) in [5.41, 5.74) is 5.10. The molecule has 124 valence electrons. The van der Waals surface area contributed by atoms with E-state index in [4.69, 9.17) is 9.47 Å². The quantitative estimate of drug-likeness (QED) is 0.565. The summed E-state index contributed by atoms with van der Waals surface area (Å²) in [4.78, 5) is 8.53. The van der Waals surface area contributed by atoms with Gasteiger partial charge in [0.2, 0.25) is 0 Å². The minimum atomic E-state index is 0.702. The molecule has 0 radical (unpaired) electrons. The Bertz CT molecular complexity index is 1030. The number of ether oxygens (including phenoxy) is 2. The lowest BCUT2D eigenvalue weighted by Crippen LogP contribution is -1.95. The van der Waals surface area contributed by atoms with E-state index >= 15 is 0 Å². The molecule has 0 aliphatic carbocycles. The van der Waals surface area contributed by atoms with E-state index in [1.165, 1.54) is 0 Å². The maximum Gasteiger partial charge on any atom is 0.168 e. The van der Waals surface area contributed by atoms with E-state index in [2.05, 4.69) is 16.0 Å². The van der Waals surface area contributed by atoms with Gasteiger partial charge < -0.3 is 13.9 Å². The van der Waals surface area contributed by atoms with Crippen molar-refractivity contribution in [1.29, 1.82) is 0 Å². The lowest BCUT2D eigenvalue weighted by atomic mass is 10.0. The molecule has 0 N–H and O–H groups in total. The summed E-state index contributed by atoms with van der Waals surface area (Å²) < 4.78 is 13.0. The predicted molar refractivity (Wildman–Crippen MR) is 97.0 cm³/mol. The van der Waals surface area contributed by atoms with Crippen molar-refractivity contribution in [3.05, 3.63) is 67.5 Å². The van der Waals surface area contributed by atoms with E-state index in [0.29, 0.717) is 11.5 Å². The number of aromatic nitrogens is 3. The number of pyridine rings is 2. The zero-order chi connectivity index (χ0) is 17.2. The number of rotatable bonds is 4. The fourth-order valence-corrected chi connectivity index (χ4v) is 3.05. The summed E-state index contributed by atoms with van der Waals surface area (Å²) in [5.74, 6) is 1.41. The van der Waals surface area contributed by atoms with Crippen LogP contribution in [-0.2, 0) is 0 Å². The number of benzene rings is 1. The van der Waals surface area contributed by atoms with Gasteiger partial charge in [0.05, 0.1) is 32.3 Å². The fraction of sp³-hybridized carbons (Fsp3) is 0.100. The molecule has 0 atom stereocenters. The van der Waals surface area contributed by atoms with Crippen LogP contribution in [0.15, 0.2) is 67.5 Å². The van der Waals surface area contributed by atoms with Gasteiger partial charge in [0.25, 0.3) is 0 Å². The molecule has 0 saturated heterocycles. The van der Waals surface area contributed by atoms with Gasteiger partial charge in [-0.3, -0.25) is 4.98 Å². The molecular weight excluding hydrogens is 314 g/mol. The van der Waals surface area contributed by atoms with E-state index in [1.807, 2.05) is 53.3 Å². The first kappa shape index (κ1) is 15.2. The molecule has 4 aromatic rings. The van der Waals surface area contributed by atoms with E-state index in [9.17, 15) is 0 Å². The molecule has 0 spiro atoms. The van der Waals surface area contributed by atoms with Gasteiger partial charge in [-0.15, -0.1) is 0 Å². The Labute approximate surface area is 145 Å². The van der Waals surface area contributed by atoms with E-state index in [1.54, 1.807) is 26.7 Å². The zero-order valence-corrected chi connectivity index (χ0v) is 14.0. The molecule has 3 aromatic heterocycles. The third-order valence-corrected chi connectivity index (χ3v) is 4.21. The first-order valence-corrected chi connectivity index (χ1v) is 7.89. The van der Waals surface area contributed by atoms with Crippen LogP contribution >= 0.6 is 0 Å². The molecule has 0 aliphatic heterocycles. The van der Waals surface area contributed by atoms with E-state index in [0.717, 1.165) is 27.8 Å². The number of methoxy groups -OCH3 is 2. The summed E-state index contributed by atoms with van der Waals surface area (Å²) in [6, 6.07) is 12.0. The maximum absolute atomic E-state index is 5.60. The van der Waals surface area contributed by atoms with Crippen LogP contribution in [0.5, 0.6) is 11.5 Å². The van der Waals surface area contributed by atoms with Crippen molar-refractivity contribution < 1.29 is 9.47 Å². The highest BCUT2D eigenvalue weighted by molar-refractivity contribution is 5.85. The minimum absolute atomic E-state index is 0.702. The number of hydrogen-bond donors (Lipinski definition) is 0.